The van der Waals surface area contributed by atoms with Crippen LogP contribution in [0.5, 0.6) is 0 Å². The predicted octanol–water partition coefficient (Wildman–Crippen LogP) is 7.14. The summed E-state index contributed by atoms with van der Waals surface area (Å²) in [4.78, 5) is 19.0. The number of pyridine rings is 1. The Balaban J connectivity index is 1.89. The molecule has 1 amide bonds. The second-order valence-electron chi connectivity index (χ2n) is 6.59. The van der Waals surface area contributed by atoms with Crippen LogP contribution in [0.25, 0.3) is 21.5 Å². The number of hydrogen-bond donors (Lipinski definition) is 1. The van der Waals surface area contributed by atoms with E-state index in [0.29, 0.717) is 21.3 Å². The Bertz CT molecular complexity index is 1200. The molecule has 2 heterocycles. The molecule has 0 aliphatic carbocycles. The van der Waals surface area contributed by atoms with Crippen LogP contribution >= 0.6 is 34.5 Å². The average molecular weight is 427 g/mol. The highest BCUT2D eigenvalue weighted by molar-refractivity contribution is 7.13. The normalized spacial score (nSPS) is 11.0. The number of aryl methyl sites for hydroxylation is 2. The van der Waals surface area contributed by atoms with E-state index in [9.17, 15) is 4.79 Å². The summed E-state index contributed by atoms with van der Waals surface area (Å²) in [6.45, 7) is 4.02. The van der Waals surface area contributed by atoms with Gasteiger partial charge in [0.2, 0.25) is 0 Å². The number of benzene rings is 2. The second kappa shape index (κ2) is 7.55. The van der Waals surface area contributed by atoms with E-state index >= 15 is 0 Å². The molecule has 3 nitrogen and oxygen atoms in total. The van der Waals surface area contributed by atoms with Crippen molar-refractivity contribution in [2.45, 2.75) is 13.8 Å². The van der Waals surface area contributed by atoms with Crippen molar-refractivity contribution in [3.05, 3.63) is 80.6 Å². The van der Waals surface area contributed by atoms with Crippen LogP contribution in [0.2, 0.25) is 10.0 Å². The van der Waals surface area contributed by atoms with Gasteiger partial charge in [-0.15, -0.1) is 11.3 Å². The van der Waals surface area contributed by atoms with Crippen LogP contribution < -0.4 is 5.32 Å². The number of amides is 1. The Hall–Kier alpha value is -2.40. The van der Waals surface area contributed by atoms with Gasteiger partial charge in [-0.1, -0.05) is 40.9 Å². The molecule has 0 atom stereocenters. The van der Waals surface area contributed by atoms with Crippen LogP contribution in [-0.4, -0.2) is 10.9 Å². The molecular weight excluding hydrogens is 411 g/mol. The first-order chi connectivity index (χ1) is 13.4. The smallest absolute Gasteiger partial charge is 0.256 e. The maximum absolute atomic E-state index is 13.2. The molecule has 0 aliphatic heterocycles. The summed E-state index contributed by atoms with van der Waals surface area (Å²) >= 11 is 13.9. The Kier molecular flexibility index (Phi) is 5.11. The van der Waals surface area contributed by atoms with Gasteiger partial charge < -0.3 is 5.32 Å². The third kappa shape index (κ3) is 3.63. The van der Waals surface area contributed by atoms with Gasteiger partial charge in [-0.05, 0) is 61.2 Å². The zero-order valence-electron chi connectivity index (χ0n) is 15.2. The lowest BCUT2D eigenvalue weighted by atomic mass is 10.0. The van der Waals surface area contributed by atoms with Crippen molar-refractivity contribution in [3.8, 4) is 10.6 Å². The molecule has 140 valence electrons. The van der Waals surface area contributed by atoms with E-state index in [2.05, 4.69) is 11.4 Å². The van der Waals surface area contributed by atoms with E-state index in [4.69, 9.17) is 28.2 Å². The van der Waals surface area contributed by atoms with Gasteiger partial charge in [0.15, 0.2) is 0 Å². The summed E-state index contributed by atoms with van der Waals surface area (Å²) in [5.74, 6) is -0.251. The fraction of sp³-hybridized carbons (Fsp3) is 0.0909. The quantitative estimate of drug-likeness (QED) is 0.378. The molecule has 2 aromatic carbocycles. The fourth-order valence-electron chi connectivity index (χ4n) is 3.20. The lowest BCUT2D eigenvalue weighted by Gasteiger charge is -2.13. The molecule has 4 rings (SSSR count). The van der Waals surface area contributed by atoms with Crippen molar-refractivity contribution in [2.24, 2.45) is 0 Å². The van der Waals surface area contributed by atoms with Gasteiger partial charge in [-0.2, -0.15) is 0 Å². The molecular formula is C22H16Cl2N2OS. The minimum absolute atomic E-state index is 0.251. The zero-order chi connectivity index (χ0) is 19.8. The van der Waals surface area contributed by atoms with Crippen LogP contribution in [0.15, 0.2) is 53.9 Å². The van der Waals surface area contributed by atoms with Gasteiger partial charge >= 0.3 is 0 Å². The number of thiophene rings is 1. The van der Waals surface area contributed by atoms with Gasteiger partial charge in [0.25, 0.3) is 5.91 Å². The van der Waals surface area contributed by atoms with Crippen LogP contribution in [0.4, 0.5) is 5.69 Å². The van der Waals surface area contributed by atoms with Crippen molar-refractivity contribution in [2.75, 3.05) is 5.32 Å². The standard InChI is InChI=1S/C22H16Cl2N2OS/c1-12-8-13(2)21-15(9-12)16(11-19(25-21)20-4-3-7-28-20)22(27)26-18-10-14(23)5-6-17(18)24/h3-11H,1-2H3,(H,26,27). The van der Waals surface area contributed by atoms with Gasteiger partial charge in [0.1, 0.15) is 0 Å². The summed E-state index contributed by atoms with van der Waals surface area (Å²) in [5.41, 5.74) is 4.73. The Morgan fingerprint density at radius 2 is 1.89 bits per heavy atom. The van der Waals surface area contributed by atoms with E-state index < -0.39 is 0 Å². The molecule has 4 aromatic rings. The SMILES string of the molecule is Cc1cc(C)c2nc(-c3cccs3)cc(C(=O)Nc3cc(Cl)ccc3Cl)c2c1. The Morgan fingerprint density at radius 3 is 2.64 bits per heavy atom. The molecule has 0 spiro atoms. The highest BCUT2D eigenvalue weighted by Gasteiger charge is 2.17. The van der Waals surface area contributed by atoms with Gasteiger partial charge in [-0.3, -0.25) is 4.79 Å². The molecule has 6 heteroatoms. The summed E-state index contributed by atoms with van der Waals surface area (Å²) in [7, 11) is 0. The maximum Gasteiger partial charge on any atom is 0.256 e. The highest BCUT2D eigenvalue weighted by atomic mass is 35.5. The maximum atomic E-state index is 13.2. The third-order valence-corrected chi connectivity index (χ3v) is 5.90. The number of hydrogen-bond acceptors (Lipinski definition) is 3. The van der Waals surface area contributed by atoms with Crippen molar-refractivity contribution in [3.63, 3.8) is 0 Å². The van der Waals surface area contributed by atoms with Gasteiger partial charge in [0, 0.05) is 10.4 Å². The zero-order valence-corrected chi connectivity index (χ0v) is 17.5. The summed E-state index contributed by atoms with van der Waals surface area (Å²) in [6, 6.07) is 14.9. The van der Waals surface area contributed by atoms with E-state index in [1.54, 1.807) is 29.5 Å². The number of carbonyl (C=O) groups is 1. The van der Waals surface area contributed by atoms with Crippen LogP contribution in [0, 0.1) is 13.8 Å². The number of nitrogens with zero attached hydrogens (tertiary/aromatic N) is 1. The summed E-state index contributed by atoms with van der Waals surface area (Å²) in [6.07, 6.45) is 0. The van der Waals surface area contributed by atoms with E-state index in [1.165, 1.54) is 0 Å². The average Bonchev–Trinajstić information content (AvgIpc) is 3.18. The fourth-order valence-corrected chi connectivity index (χ4v) is 4.23. The molecule has 28 heavy (non-hydrogen) atoms. The number of fused-ring (bicyclic) bond motifs is 1. The number of aromatic nitrogens is 1. The van der Waals surface area contributed by atoms with Crippen molar-refractivity contribution >= 4 is 57.0 Å². The molecule has 0 unspecified atom stereocenters. The Morgan fingerprint density at radius 1 is 1.07 bits per heavy atom. The monoisotopic (exact) mass is 426 g/mol. The van der Waals surface area contributed by atoms with E-state index in [1.807, 2.05) is 43.5 Å². The molecule has 0 saturated carbocycles. The van der Waals surface area contributed by atoms with E-state index in [-0.39, 0.29) is 5.91 Å². The van der Waals surface area contributed by atoms with Crippen molar-refractivity contribution in [1.29, 1.82) is 0 Å². The van der Waals surface area contributed by atoms with Crippen molar-refractivity contribution < 1.29 is 4.79 Å². The number of carbonyl (C=O) groups excluding carboxylic acids is 1. The van der Waals surface area contributed by atoms with Crippen LogP contribution in [0.1, 0.15) is 21.5 Å². The molecule has 0 saturated heterocycles. The molecule has 0 bridgehead atoms. The summed E-state index contributed by atoms with van der Waals surface area (Å²) < 4.78 is 0. The lowest BCUT2D eigenvalue weighted by Crippen LogP contribution is -2.13. The first-order valence-electron chi connectivity index (χ1n) is 8.64. The van der Waals surface area contributed by atoms with E-state index in [0.717, 1.165) is 32.6 Å². The number of nitrogens with one attached hydrogen (secondary N) is 1. The van der Waals surface area contributed by atoms with Crippen LogP contribution in [0.3, 0.4) is 0 Å². The minimum Gasteiger partial charge on any atom is -0.321 e. The molecule has 0 fully saturated rings. The van der Waals surface area contributed by atoms with Crippen LogP contribution in [-0.2, 0) is 0 Å². The first kappa shape index (κ1) is 18.9. The predicted molar refractivity (Wildman–Crippen MR) is 119 cm³/mol. The summed E-state index contributed by atoms with van der Waals surface area (Å²) in [5, 5.41) is 6.64. The third-order valence-electron chi connectivity index (χ3n) is 4.44. The number of anilines is 1. The molecule has 2 aromatic heterocycles. The van der Waals surface area contributed by atoms with Gasteiger partial charge in [0.05, 0.1) is 32.4 Å². The molecule has 0 aliphatic rings. The number of halogens is 2. The highest BCUT2D eigenvalue weighted by Crippen LogP contribution is 2.31. The largest absolute Gasteiger partial charge is 0.321 e. The topological polar surface area (TPSA) is 42.0 Å². The minimum atomic E-state index is -0.251. The second-order valence-corrected chi connectivity index (χ2v) is 8.38. The lowest BCUT2D eigenvalue weighted by molar-refractivity contribution is 0.102. The number of rotatable bonds is 3. The first-order valence-corrected chi connectivity index (χ1v) is 10.3. The van der Waals surface area contributed by atoms with Crippen molar-refractivity contribution in [1.82, 2.24) is 4.98 Å². The molecule has 1 N–H and O–H groups in total. The Labute approximate surface area is 177 Å². The molecule has 0 radical (unpaired) electrons. The van der Waals surface area contributed by atoms with Gasteiger partial charge in [-0.25, -0.2) is 4.98 Å².